The van der Waals surface area contributed by atoms with Crippen molar-refractivity contribution in [3.63, 3.8) is 0 Å². The second-order valence-electron chi connectivity index (χ2n) is 7.41. The lowest BCUT2D eigenvalue weighted by atomic mass is 9.85. The molecule has 2 aliphatic heterocycles. The summed E-state index contributed by atoms with van der Waals surface area (Å²) in [6, 6.07) is 12.4. The minimum Gasteiger partial charge on any atom is -0.468 e. The molecule has 5 nitrogen and oxygen atoms in total. The van der Waals surface area contributed by atoms with Crippen molar-refractivity contribution in [2.24, 2.45) is 0 Å². The van der Waals surface area contributed by atoms with Crippen molar-refractivity contribution in [1.29, 1.82) is 0 Å². The van der Waals surface area contributed by atoms with E-state index in [0.717, 1.165) is 44.9 Å². The first-order chi connectivity index (χ1) is 12.8. The quantitative estimate of drug-likeness (QED) is 0.726. The number of furan rings is 1. The lowest BCUT2D eigenvalue weighted by Crippen LogP contribution is -2.36. The van der Waals surface area contributed by atoms with Gasteiger partial charge in [0.2, 0.25) is 0 Å². The molecule has 0 saturated carbocycles. The third kappa shape index (κ3) is 2.69. The van der Waals surface area contributed by atoms with Gasteiger partial charge in [0.1, 0.15) is 5.76 Å². The van der Waals surface area contributed by atoms with E-state index < -0.39 is 0 Å². The number of aromatic nitrogens is 2. The van der Waals surface area contributed by atoms with E-state index in [1.807, 2.05) is 36.8 Å². The van der Waals surface area contributed by atoms with E-state index in [0.29, 0.717) is 0 Å². The fraction of sp³-hybridized carbons (Fsp3) is 0.333. The second-order valence-corrected chi connectivity index (χ2v) is 7.41. The monoisotopic (exact) mass is 346 g/mol. The molecule has 0 aromatic carbocycles. The summed E-state index contributed by atoms with van der Waals surface area (Å²) in [6.07, 6.45) is 8.61. The van der Waals surface area contributed by atoms with Crippen LogP contribution in [0.1, 0.15) is 23.4 Å². The maximum atomic E-state index is 5.54. The van der Waals surface area contributed by atoms with E-state index in [2.05, 4.69) is 33.0 Å². The summed E-state index contributed by atoms with van der Waals surface area (Å²) in [7, 11) is 0. The fourth-order valence-corrected chi connectivity index (χ4v) is 4.48. The van der Waals surface area contributed by atoms with Gasteiger partial charge in [-0.15, -0.1) is 0 Å². The molecule has 1 atom stereocenters. The number of anilines is 1. The average molecular weight is 346 g/mol. The van der Waals surface area contributed by atoms with Crippen molar-refractivity contribution >= 4 is 5.69 Å². The molecule has 5 rings (SSSR count). The second kappa shape index (κ2) is 6.25. The largest absolute Gasteiger partial charge is 0.468 e. The van der Waals surface area contributed by atoms with Crippen LogP contribution in [-0.4, -0.2) is 34.5 Å². The standard InChI is InChI=1S/C21H22N4O/c1-4-17(12-22-8-1)13-25-16-21(20-19(25)6-2-9-23-20)7-10-24(15-21)14-18-5-3-11-26-18/h1-6,8-9,11-12H,7,10,13-16H2/t21-/m0/s1. The molecule has 132 valence electrons. The molecule has 26 heavy (non-hydrogen) atoms. The molecule has 3 aromatic rings. The van der Waals surface area contributed by atoms with Crippen molar-refractivity contribution in [2.45, 2.75) is 24.9 Å². The number of pyridine rings is 2. The van der Waals surface area contributed by atoms with Crippen LogP contribution in [0.15, 0.2) is 65.7 Å². The molecule has 0 bridgehead atoms. The summed E-state index contributed by atoms with van der Waals surface area (Å²) in [6.45, 7) is 4.88. The van der Waals surface area contributed by atoms with Crippen LogP contribution in [-0.2, 0) is 18.5 Å². The molecule has 1 saturated heterocycles. The smallest absolute Gasteiger partial charge is 0.117 e. The highest BCUT2D eigenvalue weighted by Gasteiger charge is 2.48. The van der Waals surface area contributed by atoms with E-state index in [1.165, 1.54) is 16.9 Å². The fourth-order valence-electron chi connectivity index (χ4n) is 4.48. The van der Waals surface area contributed by atoms with Crippen LogP contribution in [0, 0.1) is 0 Å². The Hall–Kier alpha value is -2.66. The third-order valence-corrected chi connectivity index (χ3v) is 5.61. The van der Waals surface area contributed by atoms with E-state index in [4.69, 9.17) is 9.40 Å². The highest BCUT2D eigenvalue weighted by atomic mass is 16.3. The maximum absolute atomic E-state index is 5.54. The molecule has 5 heteroatoms. The minimum absolute atomic E-state index is 0.116. The molecular formula is C21H22N4O. The number of nitrogens with zero attached hydrogens (tertiary/aromatic N) is 4. The van der Waals surface area contributed by atoms with Gasteiger partial charge in [0.15, 0.2) is 0 Å². The van der Waals surface area contributed by atoms with Gasteiger partial charge in [-0.2, -0.15) is 0 Å². The summed E-state index contributed by atoms with van der Waals surface area (Å²) >= 11 is 0. The Morgan fingerprint density at radius 1 is 1.04 bits per heavy atom. The zero-order chi connectivity index (χ0) is 17.4. The summed E-state index contributed by atoms with van der Waals surface area (Å²) in [5.41, 5.74) is 3.89. The summed E-state index contributed by atoms with van der Waals surface area (Å²) in [5.74, 6) is 1.04. The lowest BCUT2D eigenvalue weighted by Gasteiger charge is -2.25. The first kappa shape index (κ1) is 15.6. The van der Waals surface area contributed by atoms with Gasteiger partial charge >= 0.3 is 0 Å². The predicted molar refractivity (Wildman–Crippen MR) is 99.8 cm³/mol. The summed E-state index contributed by atoms with van der Waals surface area (Å²) < 4.78 is 5.54. The van der Waals surface area contributed by atoms with Gasteiger partial charge in [0, 0.05) is 43.6 Å². The van der Waals surface area contributed by atoms with Crippen LogP contribution >= 0.6 is 0 Å². The molecule has 3 aromatic heterocycles. The first-order valence-electron chi connectivity index (χ1n) is 9.17. The zero-order valence-electron chi connectivity index (χ0n) is 14.7. The first-order valence-corrected chi connectivity index (χ1v) is 9.17. The van der Waals surface area contributed by atoms with Gasteiger partial charge in [0.05, 0.1) is 24.2 Å². The van der Waals surface area contributed by atoms with Crippen LogP contribution in [0.4, 0.5) is 5.69 Å². The Morgan fingerprint density at radius 2 is 2.00 bits per heavy atom. The molecular weight excluding hydrogens is 324 g/mol. The third-order valence-electron chi connectivity index (χ3n) is 5.61. The van der Waals surface area contributed by atoms with Crippen LogP contribution in [0.5, 0.6) is 0 Å². The van der Waals surface area contributed by atoms with Gasteiger partial charge in [-0.1, -0.05) is 6.07 Å². The number of rotatable bonds is 4. The van der Waals surface area contributed by atoms with Crippen molar-refractivity contribution in [2.75, 3.05) is 24.5 Å². The van der Waals surface area contributed by atoms with Crippen molar-refractivity contribution < 1.29 is 4.42 Å². The van der Waals surface area contributed by atoms with Crippen molar-refractivity contribution in [1.82, 2.24) is 14.9 Å². The van der Waals surface area contributed by atoms with Gasteiger partial charge in [-0.3, -0.25) is 14.9 Å². The Labute approximate surface area is 153 Å². The molecule has 1 fully saturated rings. The molecule has 0 unspecified atom stereocenters. The van der Waals surface area contributed by atoms with Crippen LogP contribution < -0.4 is 4.90 Å². The minimum atomic E-state index is 0.116. The van der Waals surface area contributed by atoms with Gasteiger partial charge < -0.3 is 9.32 Å². The van der Waals surface area contributed by atoms with Crippen LogP contribution in [0.3, 0.4) is 0 Å². The molecule has 1 spiro atoms. The zero-order valence-corrected chi connectivity index (χ0v) is 14.7. The van der Waals surface area contributed by atoms with Crippen molar-refractivity contribution in [3.05, 3.63) is 78.3 Å². The summed E-state index contributed by atoms with van der Waals surface area (Å²) in [4.78, 5) is 14.0. The highest BCUT2D eigenvalue weighted by Crippen LogP contribution is 2.45. The molecule has 0 N–H and O–H groups in total. The maximum Gasteiger partial charge on any atom is 0.117 e. The predicted octanol–water partition coefficient (Wildman–Crippen LogP) is 3.23. The molecule has 2 aliphatic rings. The number of likely N-dealkylation sites (tertiary alicyclic amines) is 1. The van der Waals surface area contributed by atoms with Crippen LogP contribution in [0.25, 0.3) is 0 Å². The Morgan fingerprint density at radius 3 is 2.85 bits per heavy atom. The number of fused-ring (bicyclic) bond motifs is 2. The Balaban J connectivity index is 1.40. The number of hydrogen-bond donors (Lipinski definition) is 0. The average Bonchev–Trinajstić information content (AvgIpc) is 3.39. The molecule has 0 radical (unpaired) electrons. The van der Waals surface area contributed by atoms with Gasteiger partial charge in [0.25, 0.3) is 0 Å². The Bertz CT molecular complexity index is 880. The van der Waals surface area contributed by atoms with Gasteiger partial charge in [-0.05, 0) is 48.9 Å². The van der Waals surface area contributed by atoms with Crippen molar-refractivity contribution in [3.8, 4) is 0 Å². The normalized spacial score (nSPS) is 22.2. The highest BCUT2D eigenvalue weighted by molar-refractivity contribution is 5.60. The molecule has 0 aliphatic carbocycles. The topological polar surface area (TPSA) is 45.4 Å². The SMILES string of the molecule is c1cncc(CN2C[C@@]3(CCN(Cc4ccco4)C3)c3ncccc32)c1. The van der Waals surface area contributed by atoms with E-state index in [-0.39, 0.29) is 5.41 Å². The number of hydrogen-bond acceptors (Lipinski definition) is 5. The van der Waals surface area contributed by atoms with Gasteiger partial charge in [-0.25, -0.2) is 0 Å². The van der Waals surface area contributed by atoms with E-state index in [1.54, 1.807) is 6.26 Å². The summed E-state index contributed by atoms with van der Waals surface area (Å²) in [5, 5.41) is 0. The Kier molecular flexibility index (Phi) is 3.75. The lowest BCUT2D eigenvalue weighted by molar-refractivity contribution is 0.278. The molecule has 0 amide bonds. The van der Waals surface area contributed by atoms with E-state index in [9.17, 15) is 0 Å². The molecule has 5 heterocycles. The van der Waals surface area contributed by atoms with Crippen LogP contribution in [0.2, 0.25) is 0 Å². The van der Waals surface area contributed by atoms with E-state index >= 15 is 0 Å².